The number of aromatic hydroxyl groups is 1. The summed E-state index contributed by atoms with van der Waals surface area (Å²) in [5.74, 6) is -0.358. The molecule has 0 aliphatic rings. The number of hydrogen-bond acceptors (Lipinski definition) is 4. The third-order valence-electron chi connectivity index (χ3n) is 5.01. The number of aliphatic hydroxyl groups is 1. The Hall–Kier alpha value is -3.70. The minimum atomic E-state index is -0.854. The predicted octanol–water partition coefficient (Wildman–Crippen LogP) is 4.25. The average molecular weight is 398 g/mol. The van der Waals surface area contributed by atoms with Crippen molar-refractivity contribution in [1.82, 2.24) is 9.55 Å². The highest BCUT2D eigenvalue weighted by molar-refractivity contribution is 5.66. The van der Waals surface area contributed by atoms with Crippen LogP contribution in [-0.2, 0) is 6.42 Å². The zero-order valence-electron chi connectivity index (χ0n) is 16.6. The molecule has 2 aromatic heterocycles. The Labute approximate surface area is 174 Å². The minimum Gasteiger partial charge on any atom is -0.503 e. The van der Waals surface area contributed by atoms with Crippen LogP contribution in [0.1, 0.15) is 30.0 Å². The van der Waals surface area contributed by atoms with Crippen molar-refractivity contribution in [3.63, 3.8) is 0 Å². The lowest BCUT2D eigenvalue weighted by molar-refractivity contribution is 0.191. The normalized spacial score (nSPS) is 11.9. The molecule has 150 valence electrons. The van der Waals surface area contributed by atoms with Crippen LogP contribution in [0, 0.1) is 0 Å². The molecule has 5 nitrogen and oxygen atoms in total. The van der Waals surface area contributed by atoms with Crippen molar-refractivity contribution < 1.29 is 10.2 Å². The van der Waals surface area contributed by atoms with Crippen LogP contribution in [0.2, 0.25) is 0 Å². The smallest absolute Gasteiger partial charge is 0.223 e. The lowest BCUT2D eigenvalue weighted by Gasteiger charge is -2.17. The fourth-order valence-electron chi connectivity index (χ4n) is 3.45. The molecule has 0 bridgehead atoms. The molecule has 0 spiro atoms. The Balaban J connectivity index is 1.66. The monoisotopic (exact) mass is 398 g/mol. The Kier molecular flexibility index (Phi) is 5.46. The van der Waals surface area contributed by atoms with Gasteiger partial charge in [0.05, 0.1) is 18.0 Å². The number of pyridine rings is 2. The van der Waals surface area contributed by atoms with Gasteiger partial charge in [-0.05, 0) is 47.9 Å². The standard InChI is InChI=1S/C25H22N2O3/c1-17(28)23-15-24(29)25(30)16-27(23)22-7-4-5-20(14-22)19-10-8-18(9-11-19)13-21-6-2-3-12-26-21/h2-12,14-17,28,30H,13H2,1H3. The van der Waals surface area contributed by atoms with Gasteiger partial charge in [-0.1, -0.05) is 42.5 Å². The number of benzene rings is 2. The second-order valence-electron chi connectivity index (χ2n) is 7.24. The first-order valence-corrected chi connectivity index (χ1v) is 9.74. The summed E-state index contributed by atoms with van der Waals surface area (Å²) in [5.41, 5.74) is 4.89. The first kappa shape index (κ1) is 19.6. The van der Waals surface area contributed by atoms with Crippen molar-refractivity contribution in [3.8, 4) is 22.6 Å². The van der Waals surface area contributed by atoms with Gasteiger partial charge in [0, 0.05) is 30.1 Å². The third kappa shape index (κ3) is 4.16. The summed E-state index contributed by atoms with van der Waals surface area (Å²) in [6.45, 7) is 1.59. The molecule has 2 heterocycles. The molecular formula is C25H22N2O3. The quantitative estimate of drug-likeness (QED) is 0.527. The molecule has 0 radical (unpaired) electrons. The van der Waals surface area contributed by atoms with Gasteiger partial charge in [0.25, 0.3) is 0 Å². The molecule has 4 aromatic rings. The fraction of sp³-hybridized carbons (Fsp3) is 0.120. The largest absolute Gasteiger partial charge is 0.503 e. The molecule has 2 N–H and O–H groups in total. The molecule has 0 amide bonds. The van der Waals surface area contributed by atoms with E-state index in [1.807, 2.05) is 42.5 Å². The number of nitrogens with zero attached hydrogens (tertiary/aromatic N) is 2. The molecule has 0 fully saturated rings. The van der Waals surface area contributed by atoms with Gasteiger partial charge in [-0.25, -0.2) is 0 Å². The maximum absolute atomic E-state index is 11.8. The lowest BCUT2D eigenvalue weighted by atomic mass is 10.0. The fourth-order valence-corrected chi connectivity index (χ4v) is 3.45. The van der Waals surface area contributed by atoms with Gasteiger partial charge in [0.2, 0.25) is 5.43 Å². The van der Waals surface area contributed by atoms with Crippen molar-refractivity contribution in [1.29, 1.82) is 0 Å². The van der Waals surface area contributed by atoms with Crippen molar-refractivity contribution in [2.24, 2.45) is 0 Å². The second kappa shape index (κ2) is 8.35. The van der Waals surface area contributed by atoms with Crippen LogP contribution in [0.4, 0.5) is 0 Å². The van der Waals surface area contributed by atoms with Crippen LogP contribution in [-0.4, -0.2) is 19.8 Å². The van der Waals surface area contributed by atoms with Gasteiger partial charge in [-0.3, -0.25) is 9.78 Å². The first-order chi connectivity index (χ1) is 14.5. The molecule has 30 heavy (non-hydrogen) atoms. The van der Waals surface area contributed by atoms with E-state index in [0.29, 0.717) is 5.69 Å². The van der Waals surface area contributed by atoms with Crippen LogP contribution in [0.15, 0.2) is 90.0 Å². The van der Waals surface area contributed by atoms with Gasteiger partial charge < -0.3 is 14.8 Å². The lowest BCUT2D eigenvalue weighted by Crippen LogP contribution is -2.13. The van der Waals surface area contributed by atoms with Gasteiger partial charge in [-0.2, -0.15) is 0 Å². The van der Waals surface area contributed by atoms with Gasteiger partial charge >= 0.3 is 0 Å². The molecule has 1 atom stereocenters. The molecule has 2 aromatic carbocycles. The van der Waals surface area contributed by atoms with Crippen LogP contribution in [0.5, 0.6) is 5.75 Å². The minimum absolute atomic E-state index is 0.358. The highest BCUT2D eigenvalue weighted by Crippen LogP contribution is 2.25. The van der Waals surface area contributed by atoms with E-state index in [-0.39, 0.29) is 5.75 Å². The van der Waals surface area contributed by atoms with Gasteiger partial charge in [0.15, 0.2) is 5.75 Å². The topological polar surface area (TPSA) is 75.3 Å². The summed E-state index contributed by atoms with van der Waals surface area (Å²) in [7, 11) is 0. The number of rotatable bonds is 5. The predicted molar refractivity (Wildman–Crippen MR) is 117 cm³/mol. The molecule has 0 saturated carbocycles. The van der Waals surface area contributed by atoms with Crippen molar-refractivity contribution in [2.45, 2.75) is 19.4 Å². The van der Waals surface area contributed by atoms with Crippen LogP contribution >= 0.6 is 0 Å². The second-order valence-corrected chi connectivity index (χ2v) is 7.24. The molecule has 5 heteroatoms. The summed E-state index contributed by atoms with van der Waals surface area (Å²) < 4.78 is 1.64. The van der Waals surface area contributed by atoms with Gasteiger partial charge in [-0.15, -0.1) is 0 Å². The maximum atomic E-state index is 11.8. The Morgan fingerprint density at radius 1 is 0.967 bits per heavy atom. The van der Waals surface area contributed by atoms with Gasteiger partial charge in [0.1, 0.15) is 0 Å². The summed E-state index contributed by atoms with van der Waals surface area (Å²) in [6.07, 6.45) is 3.06. The van der Waals surface area contributed by atoms with E-state index >= 15 is 0 Å². The van der Waals surface area contributed by atoms with E-state index in [1.165, 1.54) is 17.8 Å². The highest BCUT2D eigenvalue weighted by Gasteiger charge is 2.12. The molecule has 1 unspecified atom stereocenters. The highest BCUT2D eigenvalue weighted by atomic mass is 16.3. The number of hydrogen-bond donors (Lipinski definition) is 2. The SMILES string of the molecule is CC(O)c1cc(=O)c(O)cn1-c1cccc(-c2ccc(Cc3ccccn3)cc2)c1. The van der Waals surface area contributed by atoms with E-state index in [9.17, 15) is 15.0 Å². The molecular weight excluding hydrogens is 376 g/mol. The third-order valence-corrected chi connectivity index (χ3v) is 5.01. The summed E-state index contributed by atoms with van der Waals surface area (Å²) in [5, 5.41) is 20.0. The zero-order chi connectivity index (χ0) is 21.1. The molecule has 4 rings (SSSR count). The van der Waals surface area contributed by atoms with E-state index in [2.05, 4.69) is 29.2 Å². The van der Waals surface area contributed by atoms with E-state index < -0.39 is 11.5 Å². The molecule has 0 aliphatic carbocycles. The number of aliphatic hydroxyl groups excluding tert-OH is 1. The number of aromatic nitrogens is 2. The Morgan fingerprint density at radius 2 is 1.77 bits per heavy atom. The van der Waals surface area contributed by atoms with Crippen molar-refractivity contribution in [2.75, 3.05) is 0 Å². The van der Waals surface area contributed by atoms with Crippen molar-refractivity contribution >= 4 is 0 Å². The summed E-state index contributed by atoms with van der Waals surface area (Å²) in [6, 6.07) is 23.2. The van der Waals surface area contributed by atoms with E-state index in [1.54, 1.807) is 17.7 Å². The maximum Gasteiger partial charge on any atom is 0.223 e. The average Bonchev–Trinajstić information content (AvgIpc) is 2.76. The summed E-state index contributed by atoms with van der Waals surface area (Å²) >= 11 is 0. The molecule has 0 saturated heterocycles. The van der Waals surface area contributed by atoms with Crippen molar-refractivity contribution in [3.05, 3.63) is 112 Å². The summed E-state index contributed by atoms with van der Waals surface area (Å²) in [4.78, 5) is 16.2. The first-order valence-electron chi connectivity index (χ1n) is 9.74. The Bertz CT molecular complexity index is 1210. The van der Waals surface area contributed by atoms with E-state index in [0.717, 1.165) is 28.9 Å². The van der Waals surface area contributed by atoms with E-state index in [4.69, 9.17) is 0 Å². The zero-order valence-corrected chi connectivity index (χ0v) is 16.6. The molecule has 0 aliphatic heterocycles. The van der Waals surface area contributed by atoms with Crippen LogP contribution in [0.3, 0.4) is 0 Å². The Morgan fingerprint density at radius 3 is 2.47 bits per heavy atom. The van der Waals surface area contributed by atoms with Crippen LogP contribution < -0.4 is 5.43 Å². The van der Waals surface area contributed by atoms with Crippen LogP contribution in [0.25, 0.3) is 16.8 Å².